The van der Waals surface area contributed by atoms with Gasteiger partial charge in [-0.1, -0.05) is 48.5 Å². The number of hydrogen-bond donors (Lipinski definition) is 0. The molecule has 5 atom stereocenters. The summed E-state index contributed by atoms with van der Waals surface area (Å²) in [5.41, 5.74) is -0.533. The Morgan fingerprint density at radius 1 is 1.04 bits per heavy atom. The summed E-state index contributed by atoms with van der Waals surface area (Å²) >= 11 is 0. The lowest BCUT2D eigenvalue weighted by Gasteiger charge is -2.44. The van der Waals surface area contributed by atoms with Gasteiger partial charge < -0.3 is 4.74 Å². The van der Waals surface area contributed by atoms with Crippen molar-refractivity contribution < 1.29 is 9.53 Å². The second kappa shape index (κ2) is 6.02. The summed E-state index contributed by atoms with van der Waals surface area (Å²) in [6, 6.07) is 0. The van der Waals surface area contributed by atoms with E-state index in [1.54, 1.807) is 0 Å². The average Bonchev–Trinajstić information content (AvgIpc) is 2.89. The lowest BCUT2D eigenvalue weighted by molar-refractivity contribution is -0.184. The third-order valence-electron chi connectivity index (χ3n) is 7.39. The van der Waals surface area contributed by atoms with Crippen LogP contribution in [-0.4, -0.2) is 11.6 Å². The fourth-order valence-corrected chi connectivity index (χ4v) is 4.66. The molecule has 0 amide bonds. The molecule has 2 saturated carbocycles. The molecule has 24 heavy (non-hydrogen) atoms. The molecule has 5 unspecified atom stereocenters. The van der Waals surface area contributed by atoms with E-state index in [1.165, 1.54) is 12.8 Å². The van der Waals surface area contributed by atoms with Crippen molar-refractivity contribution in [3.63, 3.8) is 0 Å². The van der Waals surface area contributed by atoms with Crippen molar-refractivity contribution in [3.05, 3.63) is 0 Å². The van der Waals surface area contributed by atoms with E-state index < -0.39 is 5.41 Å². The first-order chi connectivity index (χ1) is 10.7. The van der Waals surface area contributed by atoms with Crippen LogP contribution < -0.4 is 0 Å². The SMILES string of the molecule is CC1CC2CC1CC2(C)OC(=O)C(C)(CCC(C)(C)C)C(C)(C)C. The van der Waals surface area contributed by atoms with E-state index in [1.807, 2.05) is 0 Å². The van der Waals surface area contributed by atoms with Crippen molar-refractivity contribution in [2.75, 3.05) is 0 Å². The van der Waals surface area contributed by atoms with E-state index in [0.717, 1.165) is 31.1 Å². The molecular weight excluding hydrogens is 296 g/mol. The molecule has 2 rings (SSSR count). The third kappa shape index (κ3) is 3.68. The van der Waals surface area contributed by atoms with Gasteiger partial charge in [0.1, 0.15) is 5.60 Å². The summed E-state index contributed by atoms with van der Waals surface area (Å²) in [5.74, 6) is 2.15. The highest BCUT2D eigenvalue weighted by Gasteiger charge is 2.56. The van der Waals surface area contributed by atoms with Crippen LogP contribution in [0.1, 0.15) is 94.4 Å². The number of carbonyl (C=O) groups excluding carboxylic acids is 1. The van der Waals surface area contributed by atoms with Gasteiger partial charge in [-0.25, -0.2) is 0 Å². The van der Waals surface area contributed by atoms with Crippen LogP contribution in [0.4, 0.5) is 0 Å². The van der Waals surface area contributed by atoms with Gasteiger partial charge in [-0.15, -0.1) is 0 Å². The van der Waals surface area contributed by atoms with Crippen LogP contribution in [0, 0.1) is 34.0 Å². The Bertz CT molecular complexity index is 479. The Balaban J connectivity index is 2.14. The molecule has 2 fully saturated rings. The summed E-state index contributed by atoms with van der Waals surface area (Å²) in [5, 5.41) is 0. The van der Waals surface area contributed by atoms with E-state index in [4.69, 9.17) is 4.74 Å². The van der Waals surface area contributed by atoms with Gasteiger partial charge >= 0.3 is 5.97 Å². The summed E-state index contributed by atoms with van der Waals surface area (Å²) < 4.78 is 6.30. The molecule has 0 aromatic rings. The van der Waals surface area contributed by atoms with Crippen LogP contribution in [0.25, 0.3) is 0 Å². The highest BCUT2D eigenvalue weighted by Crippen LogP contribution is 2.56. The van der Waals surface area contributed by atoms with Crippen LogP contribution in [0.15, 0.2) is 0 Å². The summed E-state index contributed by atoms with van der Waals surface area (Å²) in [6.07, 6.45) is 5.46. The molecule has 0 radical (unpaired) electrons. The van der Waals surface area contributed by atoms with Crippen molar-refractivity contribution >= 4 is 5.97 Å². The summed E-state index contributed by atoms with van der Waals surface area (Å²) in [6.45, 7) is 20.0. The Kier molecular flexibility index (Phi) is 4.97. The first-order valence-corrected chi connectivity index (χ1v) is 9.91. The van der Waals surface area contributed by atoms with Crippen molar-refractivity contribution in [1.82, 2.24) is 0 Å². The number of hydrogen-bond acceptors (Lipinski definition) is 2. The molecule has 0 N–H and O–H groups in total. The quantitative estimate of drug-likeness (QED) is 0.568. The van der Waals surface area contributed by atoms with Crippen LogP contribution >= 0.6 is 0 Å². The second-order valence-corrected chi connectivity index (χ2v) is 11.5. The Hall–Kier alpha value is -0.530. The minimum absolute atomic E-state index is 0.0296. The number of esters is 1. The molecule has 0 spiro atoms. The minimum Gasteiger partial charge on any atom is -0.459 e. The Morgan fingerprint density at radius 3 is 2.00 bits per heavy atom. The predicted octanol–water partition coefficient (Wildman–Crippen LogP) is 6.23. The predicted molar refractivity (Wildman–Crippen MR) is 101 cm³/mol. The van der Waals surface area contributed by atoms with Gasteiger partial charge in [0.15, 0.2) is 0 Å². The standard InChI is InChI=1S/C22H40O2/c1-15-12-17-13-16(15)14-22(17,9)24-18(23)21(8,20(5,6)7)11-10-19(2,3)4/h15-17H,10-14H2,1-9H3. The Morgan fingerprint density at radius 2 is 1.62 bits per heavy atom. The first kappa shape index (κ1) is 19.8. The zero-order valence-corrected chi connectivity index (χ0v) is 17.6. The molecule has 0 aliphatic heterocycles. The van der Waals surface area contributed by atoms with E-state index in [-0.39, 0.29) is 22.4 Å². The van der Waals surface area contributed by atoms with Gasteiger partial charge in [0.05, 0.1) is 5.41 Å². The van der Waals surface area contributed by atoms with Crippen LogP contribution in [-0.2, 0) is 9.53 Å². The summed E-state index contributed by atoms with van der Waals surface area (Å²) in [7, 11) is 0. The van der Waals surface area contributed by atoms with E-state index in [2.05, 4.69) is 62.3 Å². The fourth-order valence-electron chi connectivity index (χ4n) is 4.66. The fraction of sp³-hybridized carbons (Fsp3) is 0.955. The highest BCUT2D eigenvalue weighted by atomic mass is 16.6. The average molecular weight is 337 g/mol. The minimum atomic E-state index is -0.434. The number of ether oxygens (including phenoxy) is 1. The van der Waals surface area contributed by atoms with Gasteiger partial charge in [-0.2, -0.15) is 0 Å². The number of rotatable bonds is 4. The van der Waals surface area contributed by atoms with Crippen molar-refractivity contribution in [2.24, 2.45) is 34.0 Å². The smallest absolute Gasteiger partial charge is 0.312 e. The third-order valence-corrected chi connectivity index (χ3v) is 7.39. The number of fused-ring (bicyclic) bond motifs is 2. The van der Waals surface area contributed by atoms with Crippen LogP contribution in [0.2, 0.25) is 0 Å². The second-order valence-electron chi connectivity index (χ2n) is 11.5. The maximum Gasteiger partial charge on any atom is 0.312 e. The van der Waals surface area contributed by atoms with Crippen molar-refractivity contribution in [2.45, 2.75) is 100 Å². The van der Waals surface area contributed by atoms with Gasteiger partial charge in [-0.3, -0.25) is 4.79 Å². The molecule has 2 aliphatic rings. The van der Waals surface area contributed by atoms with Gasteiger partial charge in [0.25, 0.3) is 0 Å². The molecule has 2 aliphatic carbocycles. The molecule has 2 bridgehead atoms. The van der Waals surface area contributed by atoms with Gasteiger partial charge in [0.2, 0.25) is 0 Å². The molecule has 0 aromatic carbocycles. The van der Waals surface area contributed by atoms with E-state index in [9.17, 15) is 4.79 Å². The zero-order chi connectivity index (χ0) is 18.6. The topological polar surface area (TPSA) is 26.3 Å². The normalized spacial score (nSPS) is 35.8. The lowest BCUT2D eigenvalue weighted by atomic mass is 9.63. The molecule has 0 aromatic heterocycles. The first-order valence-electron chi connectivity index (χ1n) is 9.91. The molecule has 0 heterocycles. The van der Waals surface area contributed by atoms with Crippen molar-refractivity contribution in [3.8, 4) is 0 Å². The number of carbonyl (C=O) groups is 1. The molecule has 2 nitrogen and oxygen atoms in total. The molecule has 140 valence electrons. The monoisotopic (exact) mass is 336 g/mol. The maximum absolute atomic E-state index is 13.3. The summed E-state index contributed by atoms with van der Waals surface area (Å²) in [4.78, 5) is 13.3. The van der Waals surface area contributed by atoms with Gasteiger partial charge in [0, 0.05) is 0 Å². The van der Waals surface area contributed by atoms with Crippen LogP contribution in [0.3, 0.4) is 0 Å². The Labute approximate surface area is 150 Å². The lowest BCUT2D eigenvalue weighted by Crippen LogP contribution is -2.48. The van der Waals surface area contributed by atoms with E-state index >= 15 is 0 Å². The molecule has 0 saturated heterocycles. The molecular formula is C22H40O2. The largest absolute Gasteiger partial charge is 0.459 e. The molecule has 2 heteroatoms. The van der Waals surface area contributed by atoms with Crippen molar-refractivity contribution in [1.29, 1.82) is 0 Å². The zero-order valence-electron chi connectivity index (χ0n) is 17.6. The van der Waals surface area contributed by atoms with Crippen LogP contribution in [0.5, 0.6) is 0 Å². The highest BCUT2D eigenvalue weighted by molar-refractivity contribution is 5.78. The van der Waals surface area contributed by atoms with E-state index in [0.29, 0.717) is 5.92 Å². The maximum atomic E-state index is 13.3. The van der Waals surface area contributed by atoms with Gasteiger partial charge in [-0.05, 0) is 74.5 Å².